The zero-order valence-corrected chi connectivity index (χ0v) is 15.5. The summed E-state index contributed by atoms with van der Waals surface area (Å²) in [5.41, 5.74) is 1.68. The van der Waals surface area contributed by atoms with Crippen molar-refractivity contribution in [3.63, 3.8) is 0 Å². The van der Waals surface area contributed by atoms with Crippen molar-refractivity contribution in [1.82, 2.24) is 14.4 Å². The Morgan fingerprint density at radius 2 is 1.88 bits per heavy atom. The van der Waals surface area contributed by atoms with Crippen LogP contribution in [0.3, 0.4) is 0 Å². The summed E-state index contributed by atoms with van der Waals surface area (Å²) in [6, 6.07) is 6.87. The van der Waals surface area contributed by atoms with Crippen molar-refractivity contribution in [2.24, 2.45) is 0 Å². The molecule has 0 saturated carbocycles. The van der Waals surface area contributed by atoms with E-state index in [1.807, 2.05) is 19.9 Å². The number of piperazine rings is 1. The normalized spacial score (nSPS) is 16.9. The van der Waals surface area contributed by atoms with Gasteiger partial charge in [0.2, 0.25) is 10.0 Å². The minimum atomic E-state index is -3.48. The SMILES string of the molecule is COc1ccc(S(=O)(=O)N2CCN(Cc3cc(C)on3)CC2)cc1C. The lowest BCUT2D eigenvalue weighted by atomic mass is 10.2. The van der Waals surface area contributed by atoms with E-state index in [1.54, 1.807) is 29.6 Å². The molecule has 136 valence electrons. The molecular weight excluding hydrogens is 342 g/mol. The van der Waals surface area contributed by atoms with E-state index in [2.05, 4.69) is 10.1 Å². The molecule has 0 spiro atoms. The van der Waals surface area contributed by atoms with Crippen LogP contribution in [-0.4, -0.2) is 56.1 Å². The van der Waals surface area contributed by atoms with E-state index in [1.165, 1.54) is 0 Å². The van der Waals surface area contributed by atoms with Gasteiger partial charge >= 0.3 is 0 Å². The second kappa shape index (κ2) is 7.15. The lowest BCUT2D eigenvalue weighted by molar-refractivity contribution is 0.177. The van der Waals surface area contributed by atoms with Crippen LogP contribution in [0.25, 0.3) is 0 Å². The van der Waals surface area contributed by atoms with Gasteiger partial charge in [0, 0.05) is 38.8 Å². The predicted octanol–water partition coefficient (Wildman–Crippen LogP) is 1.81. The Bertz CT molecular complexity index is 839. The summed E-state index contributed by atoms with van der Waals surface area (Å²) in [6.07, 6.45) is 0. The number of hydrogen-bond acceptors (Lipinski definition) is 6. The topological polar surface area (TPSA) is 75.9 Å². The summed E-state index contributed by atoms with van der Waals surface area (Å²) in [5, 5.41) is 3.99. The number of sulfonamides is 1. The van der Waals surface area contributed by atoms with E-state index in [-0.39, 0.29) is 0 Å². The molecule has 1 saturated heterocycles. The van der Waals surface area contributed by atoms with E-state index in [0.29, 0.717) is 43.4 Å². The monoisotopic (exact) mass is 365 g/mol. The summed E-state index contributed by atoms with van der Waals surface area (Å²) in [7, 11) is -1.91. The average Bonchev–Trinajstić information content (AvgIpc) is 3.00. The first kappa shape index (κ1) is 17.9. The van der Waals surface area contributed by atoms with Gasteiger partial charge in [-0.25, -0.2) is 8.42 Å². The fourth-order valence-corrected chi connectivity index (χ4v) is 4.52. The molecule has 1 aliphatic rings. The summed E-state index contributed by atoms with van der Waals surface area (Å²) in [6.45, 7) is 6.63. The first-order chi connectivity index (χ1) is 11.9. The zero-order chi connectivity index (χ0) is 18.0. The maximum absolute atomic E-state index is 12.8. The highest BCUT2D eigenvalue weighted by molar-refractivity contribution is 7.89. The molecule has 0 atom stereocenters. The van der Waals surface area contributed by atoms with Crippen molar-refractivity contribution in [3.8, 4) is 5.75 Å². The second-order valence-corrected chi connectivity index (χ2v) is 8.18. The lowest BCUT2D eigenvalue weighted by Gasteiger charge is -2.33. The smallest absolute Gasteiger partial charge is 0.243 e. The van der Waals surface area contributed by atoms with E-state index < -0.39 is 10.0 Å². The summed E-state index contributed by atoms with van der Waals surface area (Å²) in [4.78, 5) is 2.49. The van der Waals surface area contributed by atoms with Crippen LogP contribution in [-0.2, 0) is 16.6 Å². The third-order valence-corrected chi connectivity index (χ3v) is 6.29. The summed E-state index contributed by atoms with van der Waals surface area (Å²) >= 11 is 0. The molecular formula is C17H23N3O4S. The Labute approximate surface area is 148 Å². The maximum Gasteiger partial charge on any atom is 0.243 e. The Kier molecular flexibility index (Phi) is 5.12. The van der Waals surface area contributed by atoms with E-state index in [9.17, 15) is 8.42 Å². The summed E-state index contributed by atoms with van der Waals surface area (Å²) in [5.74, 6) is 1.47. The third-order valence-electron chi connectivity index (χ3n) is 4.40. The Morgan fingerprint density at radius 3 is 2.44 bits per heavy atom. The third kappa shape index (κ3) is 3.86. The Hall–Kier alpha value is -1.90. The zero-order valence-electron chi connectivity index (χ0n) is 14.7. The highest BCUT2D eigenvalue weighted by atomic mass is 32.2. The number of nitrogens with zero attached hydrogens (tertiary/aromatic N) is 3. The molecule has 0 amide bonds. The average molecular weight is 365 g/mol. The first-order valence-electron chi connectivity index (χ1n) is 8.19. The summed E-state index contributed by atoms with van der Waals surface area (Å²) < 4.78 is 37.5. The second-order valence-electron chi connectivity index (χ2n) is 6.24. The van der Waals surface area contributed by atoms with Crippen molar-refractivity contribution in [2.75, 3.05) is 33.3 Å². The molecule has 1 aliphatic heterocycles. The van der Waals surface area contributed by atoms with Gasteiger partial charge in [-0.15, -0.1) is 0 Å². The Morgan fingerprint density at radius 1 is 1.16 bits per heavy atom. The molecule has 1 fully saturated rings. The molecule has 0 unspecified atom stereocenters. The number of aromatic nitrogens is 1. The molecule has 0 N–H and O–H groups in total. The van der Waals surface area contributed by atoms with Crippen LogP contribution in [0.2, 0.25) is 0 Å². The van der Waals surface area contributed by atoms with Gasteiger partial charge in [0.05, 0.1) is 17.7 Å². The number of benzene rings is 1. The van der Waals surface area contributed by atoms with Gasteiger partial charge in [-0.3, -0.25) is 4.90 Å². The van der Waals surface area contributed by atoms with E-state index >= 15 is 0 Å². The van der Waals surface area contributed by atoms with Crippen LogP contribution < -0.4 is 4.74 Å². The molecule has 1 aromatic carbocycles. The van der Waals surface area contributed by atoms with Crippen molar-refractivity contribution in [3.05, 3.63) is 41.3 Å². The number of aryl methyl sites for hydroxylation is 2. The molecule has 2 aromatic rings. The van der Waals surface area contributed by atoms with Gasteiger partial charge in [0.1, 0.15) is 11.5 Å². The van der Waals surface area contributed by atoms with Gasteiger partial charge in [-0.1, -0.05) is 5.16 Å². The van der Waals surface area contributed by atoms with Crippen LogP contribution in [0.1, 0.15) is 17.0 Å². The molecule has 2 heterocycles. The van der Waals surface area contributed by atoms with Gasteiger partial charge in [0.15, 0.2) is 0 Å². The maximum atomic E-state index is 12.8. The molecule has 3 rings (SSSR count). The minimum absolute atomic E-state index is 0.311. The van der Waals surface area contributed by atoms with Crippen LogP contribution in [0, 0.1) is 13.8 Å². The van der Waals surface area contributed by atoms with Crippen molar-refractivity contribution < 1.29 is 17.7 Å². The Balaban J connectivity index is 1.66. The van der Waals surface area contributed by atoms with Gasteiger partial charge in [0.25, 0.3) is 0 Å². The van der Waals surface area contributed by atoms with Crippen molar-refractivity contribution >= 4 is 10.0 Å². The highest BCUT2D eigenvalue weighted by Gasteiger charge is 2.29. The minimum Gasteiger partial charge on any atom is -0.496 e. The number of hydrogen-bond donors (Lipinski definition) is 0. The van der Waals surface area contributed by atoms with Gasteiger partial charge in [-0.05, 0) is 37.6 Å². The fraction of sp³-hybridized carbons (Fsp3) is 0.471. The molecule has 0 bridgehead atoms. The van der Waals surface area contributed by atoms with Crippen LogP contribution >= 0.6 is 0 Å². The largest absolute Gasteiger partial charge is 0.496 e. The van der Waals surface area contributed by atoms with Gasteiger partial charge < -0.3 is 9.26 Å². The van der Waals surface area contributed by atoms with Gasteiger partial charge in [-0.2, -0.15) is 4.31 Å². The molecule has 25 heavy (non-hydrogen) atoms. The molecule has 7 nitrogen and oxygen atoms in total. The predicted molar refractivity (Wildman–Crippen MR) is 93.0 cm³/mol. The highest BCUT2D eigenvalue weighted by Crippen LogP contribution is 2.24. The van der Waals surface area contributed by atoms with Crippen LogP contribution in [0.4, 0.5) is 0 Å². The number of rotatable bonds is 5. The first-order valence-corrected chi connectivity index (χ1v) is 9.63. The number of methoxy groups -OCH3 is 1. The molecule has 0 radical (unpaired) electrons. The van der Waals surface area contributed by atoms with Crippen molar-refractivity contribution in [1.29, 1.82) is 0 Å². The van der Waals surface area contributed by atoms with Crippen molar-refractivity contribution in [2.45, 2.75) is 25.3 Å². The van der Waals surface area contributed by atoms with E-state index in [4.69, 9.17) is 9.26 Å². The molecule has 0 aliphatic carbocycles. The van der Waals surface area contributed by atoms with Crippen LogP contribution in [0.15, 0.2) is 33.7 Å². The van der Waals surface area contributed by atoms with Crippen LogP contribution in [0.5, 0.6) is 5.75 Å². The standard InChI is InChI=1S/C17H23N3O4S/c1-13-10-16(4-5-17(13)23-3)25(21,22)20-8-6-19(7-9-20)12-15-11-14(2)24-18-15/h4-5,10-11H,6-9,12H2,1-3H3. The lowest BCUT2D eigenvalue weighted by Crippen LogP contribution is -2.48. The van der Waals surface area contributed by atoms with E-state index in [0.717, 1.165) is 17.0 Å². The fourth-order valence-electron chi connectivity index (χ4n) is 3.01. The number of ether oxygens (including phenoxy) is 1. The quantitative estimate of drug-likeness (QED) is 0.804. The molecule has 8 heteroatoms. The molecule has 1 aromatic heterocycles.